The second kappa shape index (κ2) is 9.46. The van der Waals surface area contributed by atoms with Crippen molar-refractivity contribution in [3.8, 4) is 0 Å². The van der Waals surface area contributed by atoms with Crippen LogP contribution in [0.1, 0.15) is 43.0 Å². The minimum absolute atomic E-state index is 0.144. The first-order chi connectivity index (χ1) is 15.5. The second-order valence-corrected chi connectivity index (χ2v) is 9.96. The summed E-state index contributed by atoms with van der Waals surface area (Å²) in [6.45, 7) is 5.64. The minimum Gasteiger partial charge on any atom is -0.366 e. The predicted octanol–water partition coefficient (Wildman–Crippen LogP) is 3.93. The van der Waals surface area contributed by atoms with Crippen LogP contribution in [0.3, 0.4) is 0 Å². The average molecular weight is 466 g/mol. The van der Waals surface area contributed by atoms with Crippen molar-refractivity contribution in [3.63, 3.8) is 0 Å². The van der Waals surface area contributed by atoms with Gasteiger partial charge in [0.25, 0.3) is 5.91 Å². The van der Waals surface area contributed by atoms with Crippen LogP contribution in [-0.4, -0.2) is 26.5 Å². The summed E-state index contributed by atoms with van der Waals surface area (Å²) in [4.78, 5) is 24.2. The molecule has 33 heavy (non-hydrogen) atoms. The van der Waals surface area contributed by atoms with Gasteiger partial charge >= 0.3 is 0 Å². The maximum absolute atomic E-state index is 12.7. The first-order valence-corrected chi connectivity index (χ1v) is 12.2. The monoisotopic (exact) mass is 465 g/mol. The van der Waals surface area contributed by atoms with E-state index in [-0.39, 0.29) is 12.5 Å². The van der Waals surface area contributed by atoms with E-state index in [0.717, 1.165) is 16.7 Å². The van der Waals surface area contributed by atoms with E-state index >= 15 is 0 Å². The van der Waals surface area contributed by atoms with Crippen molar-refractivity contribution in [2.45, 2.75) is 27.3 Å². The molecule has 0 aliphatic heterocycles. The van der Waals surface area contributed by atoms with Gasteiger partial charge in [-0.15, -0.1) is 0 Å². The van der Waals surface area contributed by atoms with Gasteiger partial charge < -0.3 is 11.1 Å². The van der Waals surface area contributed by atoms with Crippen LogP contribution in [0, 0.1) is 20.8 Å². The summed E-state index contributed by atoms with van der Waals surface area (Å²) in [5.74, 6) is -0.909. The second-order valence-electron chi connectivity index (χ2n) is 8.05. The number of rotatable bonds is 7. The predicted molar refractivity (Wildman–Crippen MR) is 131 cm³/mol. The number of sulfonamides is 1. The molecule has 0 atom stereocenters. The van der Waals surface area contributed by atoms with Crippen LogP contribution in [0.25, 0.3) is 0 Å². The zero-order valence-electron chi connectivity index (χ0n) is 19.0. The zero-order valence-corrected chi connectivity index (χ0v) is 19.9. The standard InChI is InChI=1S/C25H27N3O4S/c1-16-8-9-17(2)23(14-16)28(33(4,31)32)15-19-10-12-20(13-11-19)25(30)27-22-7-5-6-21(18(22)3)24(26)29/h5-14H,15H2,1-4H3,(H2,26,29)(H,27,30). The molecule has 0 heterocycles. The number of benzene rings is 3. The van der Waals surface area contributed by atoms with E-state index in [1.807, 2.05) is 32.0 Å². The molecule has 0 aliphatic carbocycles. The number of aryl methyl sites for hydroxylation is 2. The molecule has 0 fully saturated rings. The summed E-state index contributed by atoms with van der Waals surface area (Å²) >= 11 is 0. The Bertz CT molecular complexity index is 1320. The summed E-state index contributed by atoms with van der Waals surface area (Å²) in [6, 6.07) is 17.4. The molecule has 8 heteroatoms. The number of amides is 2. The number of anilines is 2. The van der Waals surface area contributed by atoms with E-state index in [1.165, 1.54) is 10.6 Å². The number of carbonyl (C=O) groups is 2. The Balaban J connectivity index is 1.82. The van der Waals surface area contributed by atoms with Crippen LogP contribution in [0.4, 0.5) is 11.4 Å². The van der Waals surface area contributed by atoms with Crippen LogP contribution in [0.5, 0.6) is 0 Å². The fourth-order valence-corrected chi connectivity index (χ4v) is 4.47. The molecule has 2 amide bonds. The van der Waals surface area contributed by atoms with Crippen LogP contribution < -0.4 is 15.4 Å². The molecule has 0 aliphatic rings. The Labute approximate surface area is 194 Å². The maximum atomic E-state index is 12.7. The molecular formula is C25H27N3O4S. The van der Waals surface area contributed by atoms with Crippen molar-refractivity contribution < 1.29 is 18.0 Å². The normalized spacial score (nSPS) is 11.2. The lowest BCUT2D eigenvalue weighted by Gasteiger charge is -2.25. The number of nitrogens with two attached hydrogens (primary N) is 1. The van der Waals surface area contributed by atoms with Gasteiger partial charge in [0.15, 0.2) is 0 Å². The van der Waals surface area contributed by atoms with Gasteiger partial charge in [0.05, 0.1) is 18.5 Å². The van der Waals surface area contributed by atoms with Crippen LogP contribution >= 0.6 is 0 Å². The number of hydrogen-bond acceptors (Lipinski definition) is 4. The van der Waals surface area contributed by atoms with E-state index in [0.29, 0.717) is 28.1 Å². The third-order valence-corrected chi connectivity index (χ3v) is 6.55. The fourth-order valence-electron chi connectivity index (χ4n) is 3.53. The van der Waals surface area contributed by atoms with Gasteiger partial charge in [-0.25, -0.2) is 8.42 Å². The molecule has 0 radical (unpaired) electrons. The van der Waals surface area contributed by atoms with Crippen molar-refractivity contribution >= 4 is 33.2 Å². The Morgan fingerprint density at radius 1 is 0.970 bits per heavy atom. The van der Waals surface area contributed by atoms with Crippen molar-refractivity contribution in [3.05, 3.63) is 94.0 Å². The van der Waals surface area contributed by atoms with E-state index in [1.54, 1.807) is 49.4 Å². The topological polar surface area (TPSA) is 110 Å². The molecule has 0 bridgehead atoms. The highest BCUT2D eigenvalue weighted by Crippen LogP contribution is 2.26. The Morgan fingerprint density at radius 3 is 2.24 bits per heavy atom. The molecule has 0 unspecified atom stereocenters. The van der Waals surface area contributed by atoms with Crippen LogP contribution in [0.15, 0.2) is 60.7 Å². The lowest BCUT2D eigenvalue weighted by Crippen LogP contribution is -2.30. The fraction of sp³-hybridized carbons (Fsp3) is 0.200. The molecule has 0 spiro atoms. The summed E-state index contributed by atoms with van der Waals surface area (Å²) in [5.41, 5.74) is 10.4. The van der Waals surface area contributed by atoms with Crippen LogP contribution in [-0.2, 0) is 16.6 Å². The largest absolute Gasteiger partial charge is 0.366 e. The number of nitrogens with one attached hydrogen (secondary N) is 1. The molecule has 3 aromatic rings. The zero-order chi connectivity index (χ0) is 24.3. The quantitative estimate of drug-likeness (QED) is 0.551. The average Bonchev–Trinajstić information content (AvgIpc) is 2.74. The molecule has 172 valence electrons. The Hall–Kier alpha value is -3.65. The molecule has 3 N–H and O–H groups in total. The number of primary amides is 1. The van der Waals surface area contributed by atoms with Crippen molar-refractivity contribution in [2.75, 3.05) is 15.9 Å². The summed E-state index contributed by atoms with van der Waals surface area (Å²) in [5, 5.41) is 2.79. The van der Waals surface area contributed by atoms with Gasteiger partial charge in [-0.2, -0.15) is 0 Å². The van der Waals surface area contributed by atoms with Gasteiger partial charge in [0.2, 0.25) is 15.9 Å². The molecule has 0 saturated carbocycles. The Kier molecular flexibility index (Phi) is 6.88. The highest BCUT2D eigenvalue weighted by molar-refractivity contribution is 7.92. The number of nitrogens with zero attached hydrogens (tertiary/aromatic N) is 1. The number of carbonyl (C=O) groups excluding carboxylic acids is 2. The summed E-state index contributed by atoms with van der Waals surface area (Å²) < 4.78 is 26.4. The highest BCUT2D eigenvalue weighted by Gasteiger charge is 2.20. The lowest BCUT2D eigenvalue weighted by atomic mass is 10.1. The first kappa shape index (κ1) is 24.0. The highest BCUT2D eigenvalue weighted by atomic mass is 32.2. The van der Waals surface area contributed by atoms with E-state index in [4.69, 9.17) is 5.73 Å². The molecule has 0 aromatic heterocycles. The van der Waals surface area contributed by atoms with E-state index in [2.05, 4.69) is 5.32 Å². The van der Waals surface area contributed by atoms with Gasteiger partial charge in [-0.1, -0.05) is 30.3 Å². The molecule has 0 saturated heterocycles. The lowest BCUT2D eigenvalue weighted by molar-refractivity contribution is 0.0995. The Morgan fingerprint density at radius 2 is 1.64 bits per heavy atom. The van der Waals surface area contributed by atoms with Crippen molar-refractivity contribution in [1.82, 2.24) is 0 Å². The third-order valence-electron chi connectivity index (χ3n) is 5.42. The third kappa shape index (κ3) is 5.59. The molecular weight excluding hydrogens is 438 g/mol. The smallest absolute Gasteiger partial charge is 0.255 e. The van der Waals surface area contributed by atoms with Crippen molar-refractivity contribution in [1.29, 1.82) is 0 Å². The molecule has 3 rings (SSSR count). The van der Waals surface area contributed by atoms with E-state index in [9.17, 15) is 18.0 Å². The van der Waals surface area contributed by atoms with Gasteiger partial charge in [-0.05, 0) is 73.4 Å². The summed E-state index contributed by atoms with van der Waals surface area (Å²) in [6.07, 6.45) is 1.18. The van der Waals surface area contributed by atoms with E-state index < -0.39 is 15.9 Å². The van der Waals surface area contributed by atoms with Crippen molar-refractivity contribution in [2.24, 2.45) is 5.73 Å². The first-order valence-electron chi connectivity index (χ1n) is 10.3. The summed E-state index contributed by atoms with van der Waals surface area (Å²) in [7, 11) is -3.52. The number of hydrogen-bond donors (Lipinski definition) is 2. The minimum atomic E-state index is -3.52. The molecule has 3 aromatic carbocycles. The molecule has 7 nitrogen and oxygen atoms in total. The maximum Gasteiger partial charge on any atom is 0.255 e. The SMILES string of the molecule is Cc1ccc(C)c(N(Cc2ccc(C(=O)Nc3cccc(C(N)=O)c3C)cc2)S(C)(=O)=O)c1. The van der Waals surface area contributed by atoms with Gasteiger partial charge in [0, 0.05) is 16.8 Å². The van der Waals surface area contributed by atoms with Crippen LogP contribution in [0.2, 0.25) is 0 Å². The van der Waals surface area contributed by atoms with Gasteiger partial charge in [-0.3, -0.25) is 13.9 Å². The van der Waals surface area contributed by atoms with Gasteiger partial charge in [0.1, 0.15) is 0 Å².